The number of rotatable bonds is 8. The number of amides is 2. The summed E-state index contributed by atoms with van der Waals surface area (Å²) in [5.41, 5.74) is 0. The quantitative estimate of drug-likeness (QED) is 0.329. The minimum atomic E-state index is -0.806. The van der Waals surface area contributed by atoms with Crippen molar-refractivity contribution in [1.82, 2.24) is 9.80 Å². The Bertz CT molecular complexity index is 845. The maximum Gasteiger partial charge on any atom is 0.311 e. The highest BCUT2D eigenvalue weighted by atomic mass is 32.2. The highest BCUT2D eigenvalue weighted by Gasteiger charge is 2.73. The molecule has 0 aromatic carbocycles. The number of thioether (sulfide) groups is 1. The van der Waals surface area contributed by atoms with Crippen molar-refractivity contribution in [2.45, 2.75) is 67.9 Å². The third-order valence-corrected chi connectivity index (χ3v) is 9.24. The van der Waals surface area contributed by atoms with Crippen molar-refractivity contribution in [3.8, 4) is 0 Å². The maximum atomic E-state index is 14.0. The average Bonchev–Trinajstić information content (AvgIpc) is 3.09. The third-order valence-electron chi connectivity index (χ3n) is 7.44. The molecule has 0 aliphatic carbocycles. The number of carbonyl (C=O) groups is 3. The molecule has 0 aromatic heterocycles. The summed E-state index contributed by atoms with van der Waals surface area (Å²) in [6.45, 7) is 6.09. The number of hydrogen-bond donors (Lipinski definition) is 1. The highest BCUT2D eigenvalue weighted by molar-refractivity contribution is 8.02. The number of cyclic esters (lactones) is 1. The molecule has 4 aliphatic heterocycles. The van der Waals surface area contributed by atoms with E-state index in [-0.39, 0.29) is 24.4 Å². The average molecular weight is 477 g/mol. The van der Waals surface area contributed by atoms with E-state index < -0.39 is 27.4 Å². The molecule has 4 rings (SSSR count). The lowest BCUT2D eigenvalue weighted by Gasteiger charge is -2.37. The molecular weight excluding hydrogens is 440 g/mol. The molecule has 1 spiro atoms. The van der Waals surface area contributed by atoms with Crippen LogP contribution in [0.5, 0.6) is 0 Å². The topological polar surface area (TPSA) is 87.2 Å². The van der Waals surface area contributed by atoms with Gasteiger partial charge in [0.25, 0.3) is 0 Å². The Kier molecular flexibility index (Phi) is 7.24. The van der Waals surface area contributed by atoms with Crippen LogP contribution in [-0.2, 0) is 19.1 Å². The summed E-state index contributed by atoms with van der Waals surface area (Å²) in [5.74, 6) is -1.79. The van der Waals surface area contributed by atoms with Crippen LogP contribution >= 0.6 is 11.8 Å². The van der Waals surface area contributed by atoms with E-state index in [1.165, 1.54) is 0 Å². The Balaban J connectivity index is 1.76. The normalized spacial score (nSPS) is 35.6. The maximum absolute atomic E-state index is 14.0. The number of aliphatic hydroxyl groups is 1. The second-order valence-electron chi connectivity index (χ2n) is 9.71. The Morgan fingerprint density at radius 2 is 1.85 bits per heavy atom. The van der Waals surface area contributed by atoms with Crippen LogP contribution in [0.2, 0.25) is 0 Å². The van der Waals surface area contributed by atoms with Crippen molar-refractivity contribution < 1.29 is 24.2 Å². The van der Waals surface area contributed by atoms with Gasteiger partial charge in [0.15, 0.2) is 0 Å². The van der Waals surface area contributed by atoms with Crippen LogP contribution in [0.1, 0.15) is 52.4 Å². The number of nitrogens with zero attached hydrogens (tertiary/aromatic N) is 2. The molecule has 8 heteroatoms. The van der Waals surface area contributed by atoms with Gasteiger partial charge in [-0.05, 0) is 32.6 Å². The molecule has 4 heterocycles. The van der Waals surface area contributed by atoms with Crippen LogP contribution in [0, 0.1) is 11.8 Å². The molecule has 33 heavy (non-hydrogen) atoms. The van der Waals surface area contributed by atoms with Crippen molar-refractivity contribution in [2.75, 3.05) is 32.8 Å². The summed E-state index contributed by atoms with van der Waals surface area (Å²) in [4.78, 5) is 44.7. The standard InChI is InChI=1S/C25H36N2O5S/c1-3-4-6-13-26-14-10-12-25-18(19-23(31)32-17-9-5-11-24(19,2)33-25)21(29)27(15-7-8-16-28)20(25)22(26)30/h5,10-12,18-20,28H,3-4,6-9,13-17H2,1-2H3/t18-,19+,20?,24-,25-/m0/s1. The summed E-state index contributed by atoms with van der Waals surface area (Å²) in [6.07, 6.45) is 13.0. The fourth-order valence-electron chi connectivity index (χ4n) is 5.92. The SMILES string of the molecule is CCCCCN1CC=C[C@]23S[C@@]4(C)C=CCCOC(=O)[C@H]4[C@H]2C(=O)N(CCCCO)C3C1=O. The van der Waals surface area contributed by atoms with E-state index in [9.17, 15) is 19.5 Å². The van der Waals surface area contributed by atoms with Crippen molar-refractivity contribution in [3.05, 3.63) is 24.3 Å². The minimum absolute atomic E-state index is 0.0290. The predicted octanol–water partition coefficient (Wildman–Crippen LogP) is 2.54. The monoisotopic (exact) mass is 476 g/mol. The van der Waals surface area contributed by atoms with Gasteiger partial charge in [-0.1, -0.05) is 44.1 Å². The van der Waals surface area contributed by atoms with E-state index in [4.69, 9.17) is 4.74 Å². The van der Waals surface area contributed by atoms with E-state index in [0.29, 0.717) is 45.5 Å². The second kappa shape index (κ2) is 9.82. The van der Waals surface area contributed by atoms with Crippen molar-refractivity contribution >= 4 is 29.5 Å². The number of aliphatic hydroxyl groups excluding tert-OH is 1. The van der Waals surface area contributed by atoms with Crippen LogP contribution in [0.3, 0.4) is 0 Å². The van der Waals surface area contributed by atoms with Gasteiger partial charge in [-0.3, -0.25) is 14.4 Å². The smallest absolute Gasteiger partial charge is 0.311 e. The Labute approximate surface area is 200 Å². The lowest BCUT2D eigenvalue weighted by atomic mass is 9.74. The summed E-state index contributed by atoms with van der Waals surface area (Å²) in [5, 5.41) is 9.28. The molecule has 0 radical (unpaired) electrons. The molecule has 7 nitrogen and oxygen atoms in total. The van der Waals surface area contributed by atoms with E-state index in [2.05, 4.69) is 13.0 Å². The number of esters is 1. The number of likely N-dealkylation sites (tertiary alicyclic amines) is 1. The summed E-state index contributed by atoms with van der Waals surface area (Å²) >= 11 is 1.59. The molecule has 1 N–H and O–H groups in total. The van der Waals surface area contributed by atoms with Gasteiger partial charge in [0.2, 0.25) is 11.8 Å². The first-order valence-electron chi connectivity index (χ1n) is 12.3. The number of ether oxygens (including phenoxy) is 1. The zero-order valence-corrected chi connectivity index (χ0v) is 20.5. The fourth-order valence-corrected chi connectivity index (χ4v) is 8.08. The van der Waals surface area contributed by atoms with Gasteiger partial charge >= 0.3 is 5.97 Å². The first-order chi connectivity index (χ1) is 15.9. The largest absolute Gasteiger partial charge is 0.465 e. The number of carbonyl (C=O) groups excluding carboxylic acids is 3. The zero-order chi connectivity index (χ0) is 23.6. The molecule has 4 aliphatic rings. The van der Waals surface area contributed by atoms with Crippen molar-refractivity contribution in [2.24, 2.45) is 11.8 Å². The van der Waals surface area contributed by atoms with Crippen LogP contribution in [0.15, 0.2) is 24.3 Å². The van der Waals surface area contributed by atoms with Gasteiger partial charge in [-0.15, -0.1) is 11.8 Å². The Morgan fingerprint density at radius 1 is 1.06 bits per heavy atom. The Morgan fingerprint density at radius 3 is 2.61 bits per heavy atom. The molecule has 2 fully saturated rings. The summed E-state index contributed by atoms with van der Waals surface area (Å²) in [7, 11) is 0. The van der Waals surface area contributed by atoms with Crippen LogP contribution < -0.4 is 0 Å². The molecule has 182 valence electrons. The van der Waals surface area contributed by atoms with Crippen LogP contribution in [0.25, 0.3) is 0 Å². The van der Waals surface area contributed by atoms with Gasteiger partial charge in [-0.25, -0.2) is 0 Å². The summed E-state index contributed by atoms with van der Waals surface area (Å²) in [6, 6.07) is -0.648. The summed E-state index contributed by atoms with van der Waals surface area (Å²) < 4.78 is 4.13. The van der Waals surface area contributed by atoms with Gasteiger partial charge in [0, 0.05) is 31.0 Å². The number of unbranched alkanes of at least 4 members (excludes halogenated alkanes) is 3. The van der Waals surface area contributed by atoms with Crippen molar-refractivity contribution in [3.63, 3.8) is 0 Å². The number of fused-ring (bicyclic) bond motifs is 2. The lowest BCUT2D eigenvalue weighted by molar-refractivity contribution is -0.154. The first-order valence-corrected chi connectivity index (χ1v) is 13.1. The van der Waals surface area contributed by atoms with E-state index in [1.54, 1.807) is 16.7 Å². The molecule has 2 saturated heterocycles. The lowest BCUT2D eigenvalue weighted by Crippen LogP contribution is -2.53. The molecule has 1 unspecified atom stereocenters. The second-order valence-corrected chi connectivity index (χ2v) is 11.5. The fraction of sp³-hybridized carbons (Fsp3) is 0.720. The zero-order valence-electron chi connectivity index (χ0n) is 19.7. The molecule has 5 atom stereocenters. The first kappa shape index (κ1) is 24.3. The van der Waals surface area contributed by atoms with Gasteiger partial charge in [0.05, 0.1) is 23.2 Å². The van der Waals surface area contributed by atoms with Gasteiger partial charge < -0.3 is 19.6 Å². The molecule has 0 bridgehead atoms. The third kappa shape index (κ3) is 4.14. The van der Waals surface area contributed by atoms with E-state index in [0.717, 1.165) is 19.3 Å². The molecule has 0 saturated carbocycles. The van der Waals surface area contributed by atoms with Gasteiger partial charge in [-0.2, -0.15) is 0 Å². The number of hydrogen-bond acceptors (Lipinski definition) is 6. The van der Waals surface area contributed by atoms with Crippen molar-refractivity contribution in [1.29, 1.82) is 0 Å². The molecular formula is C25H36N2O5S. The Hall–Kier alpha value is -1.80. The predicted molar refractivity (Wildman–Crippen MR) is 127 cm³/mol. The highest BCUT2D eigenvalue weighted by Crippen LogP contribution is 2.65. The van der Waals surface area contributed by atoms with E-state index >= 15 is 0 Å². The van der Waals surface area contributed by atoms with Gasteiger partial charge in [0.1, 0.15) is 6.04 Å². The molecule has 2 amide bonds. The molecule has 0 aromatic rings. The van der Waals surface area contributed by atoms with E-state index in [1.807, 2.05) is 30.1 Å². The minimum Gasteiger partial charge on any atom is -0.465 e. The van der Waals surface area contributed by atoms with Crippen LogP contribution in [-0.4, -0.2) is 81.1 Å². The van der Waals surface area contributed by atoms with Crippen LogP contribution in [0.4, 0.5) is 0 Å².